The molecule has 1 aliphatic carbocycles. The fourth-order valence-corrected chi connectivity index (χ4v) is 2.72. The molecule has 1 aliphatic rings. The molecule has 0 atom stereocenters. The third kappa shape index (κ3) is 3.33. The van der Waals surface area contributed by atoms with Gasteiger partial charge in [-0.2, -0.15) is 4.37 Å². The number of nitrogens with two attached hydrogens (primary N) is 1. The van der Waals surface area contributed by atoms with Crippen LogP contribution >= 0.6 is 11.5 Å². The van der Waals surface area contributed by atoms with E-state index in [2.05, 4.69) is 46.2 Å². The van der Waals surface area contributed by atoms with Crippen molar-refractivity contribution in [3.63, 3.8) is 0 Å². The van der Waals surface area contributed by atoms with Crippen LogP contribution in [0.25, 0.3) is 0 Å². The Labute approximate surface area is 127 Å². The summed E-state index contributed by atoms with van der Waals surface area (Å²) in [6.07, 6.45) is 2.10. The molecule has 1 amide bonds. The van der Waals surface area contributed by atoms with Gasteiger partial charge in [0.15, 0.2) is 5.82 Å². The van der Waals surface area contributed by atoms with Gasteiger partial charge < -0.3 is 16.4 Å². The van der Waals surface area contributed by atoms with Gasteiger partial charge in [0.05, 0.1) is 0 Å². The van der Waals surface area contributed by atoms with Crippen molar-refractivity contribution in [1.82, 2.24) is 9.69 Å². The van der Waals surface area contributed by atoms with Crippen LogP contribution in [0, 0.1) is 6.92 Å². The topological polar surface area (TPSA) is 80.0 Å². The van der Waals surface area contributed by atoms with E-state index in [0.29, 0.717) is 24.0 Å². The Hall–Kier alpha value is -2.08. The summed E-state index contributed by atoms with van der Waals surface area (Å²) in [5.41, 5.74) is 8.68. The third-order valence-electron chi connectivity index (χ3n) is 3.43. The summed E-state index contributed by atoms with van der Waals surface area (Å²) in [5, 5.41) is 6.94. The van der Waals surface area contributed by atoms with Gasteiger partial charge in [-0.25, -0.2) is 0 Å². The standard InChI is InChI=1S/C15H18N4OS/c1-9-2-4-10(5-3-9)8-17-15-12(13(16)19-21-15)14(20)18-11-6-7-11/h2-5,11,17H,6-8H2,1H3,(H2,16,19)(H,18,20). The minimum absolute atomic E-state index is 0.129. The van der Waals surface area contributed by atoms with Crippen molar-refractivity contribution in [2.24, 2.45) is 0 Å². The minimum Gasteiger partial charge on any atom is -0.382 e. The third-order valence-corrected chi connectivity index (χ3v) is 4.25. The number of anilines is 2. The summed E-state index contributed by atoms with van der Waals surface area (Å²) in [6.45, 7) is 2.70. The molecule has 1 saturated carbocycles. The number of hydrogen-bond donors (Lipinski definition) is 3. The van der Waals surface area contributed by atoms with Crippen LogP contribution in [0.2, 0.25) is 0 Å². The molecule has 0 spiro atoms. The second-order valence-electron chi connectivity index (χ2n) is 5.36. The second-order valence-corrected chi connectivity index (χ2v) is 6.13. The highest BCUT2D eigenvalue weighted by molar-refractivity contribution is 7.11. The Kier molecular flexibility index (Phi) is 3.79. The molecule has 21 heavy (non-hydrogen) atoms. The first kappa shape index (κ1) is 13.9. The van der Waals surface area contributed by atoms with Crippen LogP contribution in [0.15, 0.2) is 24.3 Å². The van der Waals surface area contributed by atoms with Gasteiger partial charge in [-0.1, -0.05) is 29.8 Å². The molecule has 1 aromatic heterocycles. The summed E-state index contributed by atoms with van der Waals surface area (Å²) in [7, 11) is 0. The van der Waals surface area contributed by atoms with Crippen LogP contribution in [-0.4, -0.2) is 16.3 Å². The van der Waals surface area contributed by atoms with Gasteiger partial charge in [0, 0.05) is 12.6 Å². The number of rotatable bonds is 5. The monoisotopic (exact) mass is 302 g/mol. The van der Waals surface area contributed by atoms with Crippen molar-refractivity contribution in [2.45, 2.75) is 32.4 Å². The largest absolute Gasteiger partial charge is 0.382 e. The lowest BCUT2D eigenvalue weighted by Gasteiger charge is -2.08. The fourth-order valence-electron chi connectivity index (χ4n) is 2.02. The number of nitrogen functional groups attached to an aromatic ring is 1. The lowest BCUT2D eigenvalue weighted by molar-refractivity contribution is 0.0953. The van der Waals surface area contributed by atoms with E-state index in [4.69, 9.17) is 5.73 Å². The summed E-state index contributed by atoms with van der Waals surface area (Å²) in [6, 6.07) is 8.58. The van der Waals surface area contributed by atoms with E-state index in [-0.39, 0.29) is 5.91 Å². The SMILES string of the molecule is Cc1ccc(CNc2snc(N)c2C(=O)NC2CC2)cc1. The maximum Gasteiger partial charge on any atom is 0.258 e. The van der Waals surface area contributed by atoms with Gasteiger partial charge in [-0.05, 0) is 36.9 Å². The van der Waals surface area contributed by atoms with E-state index in [1.807, 2.05) is 0 Å². The molecule has 6 heteroatoms. The molecule has 2 aromatic rings. The highest BCUT2D eigenvalue weighted by Crippen LogP contribution is 2.28. The van der Waals surface area contributed by atoms with E-state index >= 15 is 0 Å². The van der Waals surface area contributed by atoms with E-state index in [9.17, 15) is 4.79 Å². The summed E-state index contributed by atoms with van der Waals surface area (Å²) < 4.78 is 4.09. The fraction of sp³-hybridized carbons (Fsp3) is 0.333. The zero-order valence-electron chi connectivity index (χ0n) is 11.8. The number of benzene rings is 1. The molecule has 0 saturated heterocycles. The average molecular weight is 302 g/mol. The average Bonchev–Trinajstić information content (AvgIpc) is 3.19. The molecular weight excluding hydrogens is 284 g/mol. The van der Waals surface area contributed by atoms with Gasteiger partial charge >= 0.3 is 0 Å². The predicted molar refractivity (Wildman–Crippen MR) is 85.5 cm³/mol. The maximum atomic E-state index is 12.2. The first-order chi connectivity index (χ1) is 10.1. The van der Waals surface area contributed by atoms with Crippen molar-refractivity contribution in [2.75, 3.05) is 11.1 Å². The number of nitrogens with zero attached hydrogens (tertiary/aromatic N) is 1. The summed E-state index contributed by atoms with van der Waals surface area (Å²) in [4.78, 5) is 12.2. The molecule has 1 heterocycles. The molecular formula is C15H18N4OS. The molecule has 3 rings (SSSR count). The number of carbonyl (C=O) groups excluding carboxylic acids is 1. The highest BCUT2D eigenvalue weighted by Gasteiger charge is 2.27. The molecule has 1 fully saturated rings. The van der Waals surface area contributed by atoms with Crippen molar-refractivity contribution in [1.29, 1.82) is 0 Å². The quantitative estimate of drug-likeness (QED) is 0.793. The second kappa shape index (κ2) is 5.73. The number of amides is 1. The van der Waals surface area contributed by atoms with E-state index in [1.54, 1.807) is 0 Å². The van der Waals surface area contributed by atoms with E-state index < -0.39 is 0 Å². The Morgan fingerprint density at radius 3 is 2.76 bits per heavy atom. The highest BCUT2D eigenvalue weighted by atomic mass is 32.1. The van der Waals surface area contributed by atoms with Gasteiger partial charge in [0.2, 0.25) is 0 Å². The number of nitrogens with one attached hydrogen (secondary N) is 2. The molecule has 1 aromatic carbocycles. The zero-order valence-corrected chi connectivity index (χ0v) is 12.7. The van der Waals surface area contributed by atoms with Crippen molar-refractivity contribution in [3.8, 4) is 0 Å². The molecule has 110 valence electrons. The van der Waals surface area contributed by atoms with Gasteiger partial charge in [0.1, 0.15) is 10.6 Å². The zero-order chi connectivity index (χ0) is 14.8. The van der Waals surface area contributed by atoms with Crippen LogP contribution in [-0.2, 0) is 6.54 Å². The molecule has 0 unspecified atom stereocenters. The van der Waals surface area contributed by atoms with Crippen LogP contribution in [0.5, 0.6) is 0 Å². The Morgan fingerprint density at radius 2 is 2.10 bits per heavy atom. The molecule has 4 N–H and O–H groups in total. The number of aromatic nitrogens is 1. The van der Waals surface area contributed by atoms with Gasteiger partial charge in [0.25, 0.3) is 5.91 Å². The first-order valence-electron chi connectivity index (χ1n) is 6.99. The maximum absolute atomic E-state index is 12.2. The molecule has 0 radical (unpaired) electrons. The molecule has 0 aliphatic heterocycles. The smallest absolute Gasteiger partial charge is 0.258 e. The van der Waals surface area contributed by atoms with Crippen molar-refractivity contribution >= 4 is 28.3 Å². The van der Waals surface area contributed by atoms with E-state index in [1.165, 1.54) is 17.1 Å². The Morgan fingerprint density at radius 1 is 1.38 bits per heavy atom. The number of hydrogen-bond acceptors (Lipinski definition) is 5. The van der Waals surface area contributed by atoms with Crippen LogP contribution in [0.4, 0.5) is 10.8 Å². The normalized spacial score (nSPS) is 14.0. The summed E-state index contributed by atoms with van der Waals surface area (Å²) in [5.74, 6) is 0.166. The molecule has 5 nitrogen and oxygen atoms in total. The Bertz CT molecular complexity index is 646. The lowest BCUT2D eigenvalue weighted by Crippen LogP contribution is -2.26. The van der Waals surface area contributed by atoms with Gasteiger partial charge in [-0.15, -0.1) is 0 Å². The molecule has 0 bridgehead atoms. The van der Waals surface area contributed by atoms with Gasteiger partial charge in [-0.3, -0.25) is 4.79 Å². The number of aryl methyl sites for hydroxylation is 1. The van der Waals surface area contributed by atoms with Crippen molar-refractivity contribution in [3.05, 3.63) is 41.0 Å². The van der Waals surface area contributed by atoms with E-state index in [0.717, 1.165) is 23.4 Å². The summed E-state index contributed by atoms with van der Waals surface area (Å²) >= 11 is 1.23. The van der Waals surface area contributed by atoms with Crippen LogP contribution in [0.3, 0.4) is 0 Å². The first-order valence-corrected chi connectivity index (χ1v) is 7.76. The Balaban J connectivity index is 1.70. The van der Waals surface area contributed by atoms with Crippen LogP contribution in [0.1, 0.15) is 34.3 Å². The van der Waals surface area contributed by atoms with Crippen molar-refractivity contribution < 1.29 is 4.79 Å². The van der Waals surface area contributed by atoms with Crippen LogP contribution < -0.4 is 16.4 Å². The number of carbonyl (C=O) groups is 1. The predicted octanol–water partition coefficient (Wildman–Crippen LogP) is 2.54. The lowest BCUT2D eigenvalue weighted by atomic mass is 10.1. The minimum atomic E-state index is -0.129.